The van der Waals surface area contributed by atoms with E-state index in [2.05, 4.69) is 12.1 Å². The molecule has 1 aliphatic rings. The average Bonchev–Trinajstić information content (AvgIpc) is 3.17. The summed E-state index contributed by atoms with van der Waals surface area (Å²) in [7, 11) is 0. The van der Waals surface area contributed by atoms with Crippen LogP contribution >= 0.6 is 23.7 Å². The molecule has 1 aliphatic heterocycles. The molecule has 7 heteroatoms. The average molecular weight is 342 g/mol. The summed E-state index contributed by atoms with van der Waals surface area (Å²) < 4.78 is 5.29. The molecule has 3 heterocycles. The fraction of sp³-hybridized carbons (Fsp3) is 0.467. The summed E-state index contributed by atoms with van der Waals surface area (Å²) >= 11 is 1.56. The lowest BCUT2D eigenvalue weighted by molar-refractivity contribution is 0.0563. The molecule has 2 aromatic rings. The number of nitrogens with two attached hydrogens (primary N) is 1. The fourth-order valence-electron chi connectivity index (χ4n) is 2.80. The number of thiophene rings is 1. The summed E-state index contributed by atoms with van der Waals surface area (Å²) in [5.74, 6) is 1.17. The van der Waals surface area contributed by atoms with Gasteiger partial charge in [0.25, 0.3) is 5.91 Å². The molecule has 2 unspecified atom stereocenters. The molecule has 2 atom stereocenters. The molecule has 5 nitrogen and oxygen atoms in total. The van der Waals surface area contributed by atoms with Crippen molar-refractivity contribution in [2.75, 3.05) is 13.1 Å². The predicted molar refractivity (Wildman–Crippen MR) is 89.3 cm³/mol. The molecule has 0 spiro atoms. The summed E-state index contributed by atoms with van der Waals surface area (Å²) in [5, 5.41) is 5.90. The number of nitrogens with zero attached hydrogens (tertiary/aromatic N) is 2. The fourth-order valence-corrected chi connectivity index (χ4v) is 3.47. The molecular formula is C15H20ClN3O2S. The van der Waals surface area contributed by atoms with Gasteiger partial charge in [-0.05, 0) is 30.2 Å². The van der Waals surface area contributed by atoms with Crippen LogP contribution in [0.4, 0.5) is 0 Å². The van der Waals surface area contributed by atoms with Gasteiger partial charge in [-0.25, -0.2) is 0 Å². The quantitative estimate of drug-likeness (QED) is 0.931. The van der Waals surface area contributed by atoms with Crippen molar-refractivity contribution in [2.45, 2.75) is 25.8 Å². The summed E-state index contributed by atoms with van der Waals surface area (Å²) in [5.41, 5.74) is 6.19. The van der Waals surface area contributed by atoms with Crippen molar-refractivity contribution < 1.29 is 9.32 Å². The van der Waals surface area contributed by atoms with Crippen LogP contribution in [0.15, 0.2) is 28.1 Å². The number of rotatable bonds is 3. The highest BCUT2D eigenvalue weighted by atomic mass is 35.5. The van der Waals surface area contributed by atoms with Crippen molar-refractivity contribution in [1.82, 2.24) is 10.1 Å². The van der Waals surface area contributed by atoms with E-state index in [9.17, 15) is 4.79 Å². The summed E-state index contributed by atoms with van der Waals surface area (Å²) in [6, 6.07) is 5.72. The van der Waals surface area contributed by atoms with E-state index in [1.165, 1.54) is 0 Å². The van der Waals surface area contributed by atoms with Gasteiger partial charge in [0, 0.05) is 25.2 Å². The third-order valence-electron chi connectivity index (χ3n) is 4.00. The van der Waals surface area contributed by atoms with Crippen molar-refractivity contribution in [3.8, 4) is 10.6 Å². The van der Waals surface area contributed by atoms with Gasteiger partial charge in [-0.1, -0.05) is 18.1 Å². The number of halogens is 1. The van der Waals surface area contributed by atoms with Crippen molar-refractivity contribution in [3.63, 3.8) is 0 Å². The molecule has 1 amide bonds. The first-order chi connectivity index (χ1) is 10.2. The molecule has 0 aliphatic carbocycles. The second-order valence-corrected chi connectivity index (χ2v) is 6.52. The highest BCUT2D eigenvalue weighted by molar-refractivity contribution is 7.13. The Balaban J connectivity index is 0.00000176. The number of carbonyl (C=O) groups excluding carboxylic acids is 1. The molecule has 22 heavy (non-hydrogen) atoms. The van der Waals surface area contributed by atoms with Crippen LogP contribution in [0.1, 0.15) is 30.3 Å². The predicted octanol–water partition coefficient (Wildman–Crippen LogP) is 3.02. The van der Waals surface area contributed by atoms with Gasteiger partial charge in [-0.2, -0.15) is 0 Å². The molecule has 0 bridgehead atoms. The van der Waals surface area contributed by atoms with E-state index in [4.69, 9.17) is 10.3 Å². The summed E-state index contributed by atoms with van der Waals surface area (Å²) in [6.45, 7) is 3.43. The van der Waals surface area contributed by atoms with Gasteiger partial charge in [-0.3, -0.25) is 4.79 Å². The second kappa shape index (κ2) is 7.26. The van der Waals surface area contributed by atoms with Gasteiger partial charge in [0.15, 0.2) is 11.5 Å². The van der Waals surface area contributed by atoms with Crippen LogP contribution < -0.4 is 5.73 Å². The van der Waals surface area contributed by atoms with E-state index in [0.29, 0.717) is 23.9 Å². The number of amides is 1. The van der Waals surface area contributed by atoms with Gasteiger partial charge in [0.2, 0.25) is 0 Å². The topological polar surface area (TPSA) is 72.4 Å². The summed E-state index contributed by atoms with van der Waals surface area (Å²) in [4.78, 5) is 15.4. The number of aromatic nitrogens is 1. The van der Waals surface area contributed by atoms with E-state index in [1.54, 1.807) is 17.4 Å². The molecule has 0 aromatic carbocycles. The van der Waals surface area contributed by atoms with Crippen LogP contribution in [0, 0.1) is 5.92 Å². The van der Waals surface area contributed by atoms with Crippen LogP contribution in [0.3, 0.4) is 0 Å². The van der Waals surface area contributed by atoms with Gasteiger partial charge >= 0.3 is 0 Å². The Bertz CT molecular complexity index is 614. The number of likely N-dealkylation sites (tertiary alicyclic amines) is 1. The zero-order valence-corrected chi connectivity index (χ0v) is 14.0. The Morgan fingerprint density at radius 2 is 2.41 bits per heavy atom. The van der Waals surface area contributed by atoms with Crippen molar-refractivity contribution >= 4 is 29.7 Å². The van der Waals surface area contributed by atoms with Gasteiger partial charge in [0.05, 0.1) is 4.88 Å². The lowest BCUT2D eigenvalue weighted by Crippen LogP contribution is -2.49. The Hall–Kier alpha value is -1.37. The number of carbonyl (C=O) groups is 1. The maximum Gasteiger partial charge on any atom is 0.276 e. The standard InChI is InChI=1S/C15H19N3O2S.ClH/c1-10-4-5-18(11(7-10)9-16)15(19)12-8-13(20-17-12)14-3-2-6-21-14;/h2-3,6,8,10-11H,4-5,7,9,16H2,1H3;1H. The maximum absolute atomic E-state index is 12.6. The third kappa shape index (κ3) is 3.34. The van der Waals surface area contributed by atoms with Crippen LogP contribution in [0.5, 0.6) is 0 Å². The molecule has 120 valence electrons. The molecule has 1 saturated heterocycles. The minimum Gasteiger partial charge on any atom is -0.355 e. The van der Waals surface area contributed by atoms with Crippen molar-refractivity contribution in [3.05, 3.63) is 29.3 Å². The summed E-state index contributed by atoms with van der Waals surface area (Å²) in [6.07, 6.45) is 1.97. The molecule has 2 N–H and O–H groups in total. The monoisotopic (exact) mass is 341 g/mol. The third-order valence-corrected chi connectivity index (χ3v) is 4.89. The van der Waals surface area contributed by atoms with Crippen LogP contribution in [-0.4, -0.2) is 35.1 Å². The van der Waals surface area contributed by atoms with Crippen LogP contribution in [0.2, 0.25) is 0 Å². The Kier molecular flexibility index (Phi) is 5.61. The van der Waals surface area contributed by atoms with Crippen molar-refractivity contribution in [2.24, 2.45) is 11.7 Å². The number of piperidine rings is 1. The first kappa shape index (κ1) is 17.0. The van der Waals surface area contributed by atoms with Gasteiger partial charge in [0.1, 0.15) is 0 Å². The lowest BCUT2D eigenvalue weighted by Gasteiger charge is -2.37. The molecule has 3 rings (SSSR count). The lowest BCUT2D eigenvalue weighted by atomic mass is 9.92. The molecule has 2 aromatic heterocycles. The molecular weight excluding hydrogens is 322 g/mol. The van der Waals surface area contributed by atoms with Gasteiger partial charge in [-0.15, -0.1) is 23.7 Å². The zero-order valence-electron chi connectivity index (χ0n) is 12.4. The molecule has 0 saturated carbocycles. The molecule has 0 radical (unpaired) electrons. The first-order valence-corrected chi connectivity index (χ1v) is 8.08. The minimum atomic E-state index is -0.0797. The van der Waals surface area contributed by atoms with Crippen LogP contribution in [-0.2, 0) is 0 Å². The highest BCUT2D eigenvalue weighted by Crippen LogP contribution is 2.27. The second-order valence-electron chi connectivity index (χ2n) is 5.57. The van der Waals surface area contributed by atoms with Gasteiger partial charge < -0.3 is 15.2 Å². The first-order valence-electron chi connectivity index (χ1n) is 7.20. The van der Waals surface area contributed by atoms with E-state index < -0.39 is 0 Å². The Morgan fingerprint density at radius 3 is 3.09 bits per heavy atom. The van der Waals surface area contributed by atoms with Crippen LogP contribution in [0.25, 0.3) is 10.6 Å². The number of hydrogen-bond donors (Lipinski definition) is 1. The van der Waals surface area contributed by atoms with Crippen molar-refractivity contribution in [1.29, 1.82) is 0 Å². The maximum atomic E-state index is 12.6. The largest absolute Gasteiger partial charge is 0.355 e. The van der Waals surface area contributed by atoms with E-state index in [1.807, 2.05) is 22.4 Å². The zero-order chi connectivity index (χ0) is 14.8. The van der Waals surface area contributed by atoms with E-state index in [-0.39, 0.29) is 24.4 Å². The SMILES string of the molecule is CC1CCN(C(=O)c2cc(-c3cccs3)on2)C(CN)C1.Cl. The molecule has 1 fully saturated rings. The van der Waals surface area contributed by atoms with E-state index >= 15 is 0 Å². The van der Waals surface area contributed by atoms with E-state index in [0.717, 1.165) is 24.3 Å². The Labute approximate surface area is 139 Å². The Morgan fingerprint density at radius 1 is 1.59 bits per heavy atom. The number of hydrogen-bond acceptors (Lipinski definition) is 5. The normalized spacial score (nSPS) is 21.5. The minimum absolute atomic E-state index is 0. The highest BCUT2D eigenvalue weighted by Gasteiger charge is 2.31. The smallest absolute Gasteiger partial charge is 0.276 e.